The largest absolute Gasteiger partial charge is 0.463 e. The first-order chi connectivity index (χ1) is 17.8. The van der Waals surface area contributed by atoms with Crippen LogP contribution in [-0.2, 0) is 19.1 Å². The zero-order chi connectivity index (χ0) is 28.0. The fourth-order valence-corrected chi connectivity index (χ4v) is 8.94. The molecule has 3 fully saturated rings. The van der Waals surface area contributed by atoms with Crippen LogP contribution in [0.5, 0.6) is 0 Å². The lowest BCUT2D eigenvalue weighted by Gasteiger charge is -2.58. The molecule has 6 heteroatoms. The molecule has 0 aromatic carbocycles. The van der Waals surface area contributed by atoms with Crippen molar-refractivity contribution in [2.24, 2.45) is 39.9 Å². The number of hydrogen-bond donors (Lipinski definition) is 2. The van der Waals surface area contributed by atoms with Crippen molar-refractivity contribution in [2.45, 2.75) is 131 Å². The van der Waals surface area contributed by atoms with Crippen molar-refractivity contribution >= 4 is 11.9 Å². The number of fused-ring (bicyclic) bond motifs is 4. The molecule has 38 heavy (non-hydrogen) atoms. The topological polar surface area (TPSA) is 93.1 Å². The highest BCUT2D eigenvalue weighted by atomic mass is 16.5. The van der Waals surface area contributed by atoms with E-state index in [0.29, 0.717) is 24.2 Å². The fourth-order valence-electron chi connectivity index (χ4n) is 8.94. The van der Waals surface area contributed by atoms with Crippen LogP contribution in [0.4, 0.5) is 0 Å². The van der Waals surface area contributed by atoms with Gasteiger partial charge in [0.1, 0.15) is 12.2 Å². The molecule has 0 aromatic rings. The zero-order valence-electron chi connectivity index (χ0n) is 24.8. The third-order valence-electron chi connectivity index (χ3n) is 11.7. The minimum atomic E-state index is -0.719. The number of ether oxygens (including phenoxy) is 2. The number of carbonyl (C=O) groups is 2. The van der Waals surface area contributed by atoms with E-state index >= 15 is 0 Å². The summed E-state index contributed by atoms with van der Waals surface area (Å²) in [5, 5.41) is 19.8. The predicted octanol–water partition coefficient (Wildman–Crippen LogP) is 5.98. The monoisotopic (exact) mass is 532 g/mol. The van der Waals surface area contributed by atoms with Gasteiger partial charge in [0.05, 0.1) is 18.1 Å². The Bertz CT molecular complexity index is 938. The second kappa shape index (κ2) is 10.9. The van der Waals surface area contributed by atoms with Gasteiger partial charge in [0.15, 0.2) is 0 Å². The van der Waals surface area contributed by atoms with Crippen molar-refractivity contribution in [1.29, 1.82) is 0 Å². The van der Waals surface area contributed by atoms with Gasteiger partial charge in [-0.3, -0.25) is 9.59 Å². The number of hydrogen-bond acceptors (Lipinski definition) is 6. The lowest BCUT2D eigenvalue weighted by Crippen LogP contribution is -2.54. The highest BCUT2D eigenvalue weighted by Gasteiger charge is 2.61. The van der Waals surface area contributed by atoms with Crippen LogP contribution in [0.1, 0.15) is 113 Å². The van der Waals surface area contributed by atoms with Crippen LogP contribution in [0.25, 0.3) is 0 Å². The van der Waals surface area contributed by atoms with Crippen molar-refractivity contribution < 1.29 is 29.3 Å². The summed E-state index contributed by atoms with van der Waals surface area (Å²) in [5.74, 6) is 1.08. The first-order valence-electron chi connectivity index (χ1n) is 15.2. The number of esters is 2. The molecule has 4 aliphatic carbocycles. The molecule has 216 valence electrons. The fraction of sp³-hybridized carbons (Fsp3) is 0.875. The summed E-state index contributed by atoms with van der Waals surface area (Å²) in [6, 6.07) is 0. The first kappa shape index (κ1) is 29.6. The Kier molecular flexibility index (Phi) is 8.47. The zero-order valence-corrected chi connectivity index (χ0v) is 24.8. The second-order valence-electron chi connectivity index (χ2n) is 14.1. The summed E-state index contributed by atoms with van der Waals surface area (Å²) >= 11 is 0. The Labute approximate surface area is 229 Å². The van der Waals surface area contributed by atoms with E-state index in [1.54, 1.807) is 5.57 Å². The van der Waals surface area contributed by atoms with Crippen LogP contribution < -0.4 is 0 Å². The standard InChI is InChI=1S/C32H52O6/c1-8-30(4,5)29(36)38-28-17-27-24(10-9-21-16-23(37-20(3)34)13-14-31(21,27)6)26-12-11-25(32(26,28)7)19(2)15-22(35)18-33/h19,21-23,25,27-28,33,35H,8-18H2,1-7H3/t19-,21-,22?,23-,25-,27+,28+,31+,32-/m1/s1. The maximum absolute atomic E-state index is 13.5. The molecule has 0 spiro atoms. The van der Waals surface area contributed by atoms with Gasteiger partial charge in [0.25, 0.3) is 0 Å². The maximum Gasteiger partial charge on any atom is 0.311 e. The van der Waals surface area contributed by atoms with Crippen molar-refractivity contribution in [1.82, 2.24) is 0 Å². The van der Waals surface area contributed by atoms with Crippen molar-refractivity contribution in [3.63, 3.8) is 0 Å². The van der Waals surface area contributed by atoms with E-state index in [4.69, 9.17) is 9.47 Å². The number of rotatable bonds is 8. The molecule has 9 atom stereocenters. The Hall–Kier alpha value is -1.40. The van der Waals surface area contributed by atoms with Gasteiger partial charge in [-0.25, -0.2) is 0 Å². The molecule has 6 nitrogen and oxygen atoms in total. The smallest absolute Gasteiger partial charge is 0.311 e. The summed E-state index contributed by atoms with van der Waals surface area (Å²) < 4.78 is 12.2. The SMILES string of the molecule is CCC(C)(C)C(=O)O[C@H]1C[C@H]2C(=C3CC[C@H]([C@H](C)CC(O)CO)[C@]31C)CC[C@@H]1C[C@H](OC(C)=O)CC[C@@]12C. The van der Waals surface area contributed by atoms with Crippen LogP contribution in [0, 0.1) is 39.9 Å². The van der Waals surface area contributed by atoms with E-state index < -0.39 is 11.5 Å². The molecule has 4 rings (SSSR count). The number of allylic oxidation sites excluding steroid dienone is 1. The van der Waals surface area contributed by atoms with E-state index in [1.165, 1.54) is 12.5 Å². The summed E-state index contributed by atoms with van der Waals surface area (Å²) in [5.41, 5.74) is 2.45. The van der Waals surface area contributed by atoms with Crippen LogP contribution in [0.2, 0.25) is 0 Å². The Morgan fingerprint density at radius 3 is 2.45 bits per heavy atom. The average Bonchev–Trinajstić information content (AvgIpc) is 3.22. The number of carbonyl (C=O) groups excluding carboxylic acids is 2. The van der Waals surface area contributed by atoms with Crippen molar-refractivity contribution in [2.75, 3.05) is 6.61 Å². The highest BCUT2D eigenvalue weighted by Crippen LogP contribution is 2.66. The Morgan fingerprint density at radius 2 is 1.82 bits per heavy atom. The Morgan fingerprint density at radius 1 is 1.11 bits per heavy atom. The highest BCUT2D eigenvalue weighted by molar-refractivity contribution is 5.76. The van der Waals surface area contributed by atoms with E-state index in [2.05, 4.69) is 20.8 Å². The molecule has 0 amide bonds. The summed E-state index contributed by atoms with van der Waals surface area (Å²) in [6.45, 7) is 14.2. The van der Waals surface area contributed by atoms with E-state index in [-0.39, 0.29) is 47.5 Å². The molecular weight excluding hydrogens is 480 g/mol. The lowest BCUT2D eigenvalue weighted by molar-refractivity contribution is -0.173. The molecule has 0 radical (unpaired) electrons. The lowest BCUT2D eigenvalue weighted by atomic mass is 9.48. The summed E-state index contributed by atoms with van der Waals surface area (Å²) in [7, 11) is 0. The molecule has 0 aromatic heterocycles. The Balaban J connectivity index is 1.71. The molecule has 4 aliphatic rings. The molecule has 0 aliphatic heterocycles. The minimum absolute atomic E-state index is 0.0160. The molecule has 0 heterocycles. The number of aliphatic hydroxyl groups excluding tert-OH is 2. The third-order valence-corrected chi connectivity index (χ3v) is 11.7. The van der Waals surface area contributed by atoms with Crippen molar-refractivity contribution in [3.8, 4) is 0 Å². The van der Waals surface area contributed by atoms with Crippen LogP contribution in [0.3, 0.4) is 0 Å². The molecular formula is C32H52O6. The van der Waals surface area contributed by atoms with Crippen LogP contribution in [-0.4, -0.2) is 47.1 Å². The van der Waals surface area contributed by atoms with E-state index in [9.17, 15) is 19.8 Å². The summed E-state index contributed by atoms with van der Waals surface area (Å²) in [6.07, 6.45) is 8.32. The third kappa shape index (κ3) is 5.09. The van der Waals surface area contributed by atoms with Gasteiger partial charge in [0.2, 0.25) is 0 Å². The van der Waals surface area contributed by atoms with Gasteiger partial charge in [-0.1, -0.05) is 38.8 Å². The van der Waals surface area contributed by atoms with E-state index in [1.807, 2.05) is 20.8 Å². The molecule has 0 bridgehead atoms. The molecule has 2 N–H and O–H groups in total. The summed E-state index contributed by atoms with van der Waals surface area (Å²) in [4.78, 5) is 25.2. The second-order valence-corrected chi connectivity index (χ2v) is 14.1. The van der Waals surface area contributed by atoms with Gasteiger partial charge in [-0.2, -0.15) is 0 Å². The minimum Gasteiger partial charge on any atom is -0.463 e. The van der Waals surface area contributed by atoms with Crippen LogP contribution in [0.15, 0.2) is 11.1 Å². The van der Waals surface area contributed by atoms with Gasteiger partial charge in [-0.15, -0.1) is 0 Å². The molecule has 0 saturated heterocycles. The quantitative estimate of drug-likeness (QED) is 0.295. The number of aliphatic hydroxyl groups is 2. The van der Waals surface area contributed by atoms with Crippen molar-refractivity contribution in [3.05, 3.63) is 11.1 Å². The van der Waals surface area contributed by atoms with Gasteiger partial charge in [-0.05, 0) is 107 Å². The van der Waals surface area contributed by atoms with Gasteiger partial charge < -0.3 is 19.7 Å². The first-order valence-corrected chi connectivity index (χ1v) is 15.2. The van der Waals surface area contributed by atoms with Gasteiger partial charge in [0, 0.05) is 12.3 Å². The van der Waals surface area contributed by atoms with Crippen LogP contribution >= 0.6 is 0 Å². The average molecular weight is 533 g/mol. The van der Waals surface area contributed by atoms with Gasteiger partial charge >= 0.3 is 11.9 Å². The normalized spacial score (nSPS) is 38.5. The maximum atomic E-state index is 13.5. The van der Waals surface area contributed by atoms with E-state index in [0.717, 1.165) is 57.8 Å². The predicted molar refractivity (Wildman–Crippen MR) is 147 cm³/mol. The molecule has 3 saturated carbocycles. The molecule has 1 unspecified atom stereocenters.